The summed E-state index contributed by atoms with van der Waals surface area (Å²) in [5.74, 6) is -1.04. The Kier molecular flexibility index (Phi) is 5.38. The fourth-order valence-corrected chi connectivity index (χ4v) is 4.18. The van der Waals surface area contributed by atoms with Crippen molar-refractivity contribution in [3.63, 3.8) is 0 Å². The van der Waals surface area contributed by atoms with Gasteiger partial charge in [0.05, 0.1) is 0 Å². The van der Waals surface area contributed by atoms with Crippen LogP contribution in [-0.2, 0) is 10.0 Å². The van der Waals surface area contributed by atoms with Crippen LogP contribution in [0.15, 0.2) is 52.9 Å². The molecule has 9 nitrogen and oxygen atoms in total. The zero-order valence-corrected chi connectivity index (χ0v) is 16.2. The van der Waals surface area contributed by atoms with Gasteiger partial charge >= 0.3 is 0 Å². The van der Waals surface area contributed by atoms with Crippen LogP contribution in [0.3, 0.4) is 0 Å². The van der Waals surface area contributed by atoms with Crippen LogP contribution >= 0.6 is 11.3 Å². The Morgan fingerprint density at radius 1 is 1.04 bits per heavy atom. The molecule has 144 valence electrons. The van der Waals surface area contributed by atoms with E-state index in [0.717, 1.165) is 5.56 Å². The summed E-state index contributed by atoms with van der Waals surface area (Å²) >= 11 is 0.716. The predicted molar refractivity (Wildman–Crippen MR) is 105 cm³/mol. The summed E-state index contributed by atoms with van der Waals surface area (Å²) in [7, 11) is -4.01. The van der Waals surface area contributed by atoms with E-state index in [-0.39, 0.29) is 20.7 Å². The molecule has 2 aromatic carbocycles. The molecule has 0 atom stereocenters. The number of carbonyl (C=O) groups excluding carboxylic acids is 2. The maximum atomic E-state index is 12.4. The van der Waals surface area contributed by atoms with Crippen molar-refractivity contribution in [2.24, 2.45) is 5.73 Å². The summed E-state index contributed by atoms with van der Waals surface area (Å²) in [6, 6.07) is 12.5. The van der Waals surface area contributed by atoms with Gasteiger partial charge in [0.1, 0.15) is 0 Å². The molecule has 2 amide bonds. The third kappa shape index (κ3) is 4.50. The molecule has 0 aliphatic rings. The van der Waals surface area contributed by atoms with Crippen molar-refractivity contribution < 1.29 is 18.0 Å². The van der Waals surface area contributed by atoms with Gasteiger partial charge in [-0.25, -0.2) is 0 Å². The fraction of sp³-hybridized carbons (Fsp3) is 0.0588. The molecule has 3 aromatic rings. The number of nitrogens with zero attached hydrogens (tertiary/aromatic N) is 2. The molecule has 0 radical (unpaired) electrons. The molecule has 0 fully saturated rings. The third-order valence-electron chi connectivity index (χ3n) is 3.56. The molecule has 0 unspecified atom stereocenters. The van der Waals surface area contributed by atoms with Crippen LogP contribution in [0.1, 0.15) is 26.3 Å². The number of nitrogens with one attached hydrogen (secondary N) is 2. The first kappa shape index (κ1) is 19.5. The number of hydrogen-bond acceptors (Lipinski definition) is 7. The first-order chi connectivity index (χ1) is 13.2. The monoisotopic (exact) mass is 417 g/mol. The number of aryl methyl sites for hydroxylation is 1. The standard InChI is InChI=1S/C17H15N5O4S2/c1-10-3-2-4-12(9-10)15(24)19-16-20-21-17(27-16)28(25,26)22-13-7-5-11(6-8-13)14(18)23/h2-9,22H,1H3,(H2,18,23)(H,19,20,24). The zero-order chi connectivity index (χ0) is 20.3. The van der Waals surface area contributed by atoms with Gasteiger partial charge < -0.3 is 5.73 Å². The van der Waals surface area contributed by atoms with Gasteiger partial charge in [0.25, 0.3) is 20.3 Å². The number of hydrogen-bond donors (Lipinski definition) is 3. The minimum atomic E-state index is -4.01. The number of amides is 2. The van der Waals surface area contributed by atoms with Crippen LogP contribution in [-0.4, -0.2) is 30.4 Å². The number of anilines is 2. The van der Waals surface area contributed by atoms with Crippen LogP contribution in [0.5, 0.6) is 0 Å². The summed E-state index contributed by atoms with van der Waals surface area (Å²) in [6.45, 7) is 1.86. The van der Waals surface area contributed by atoms with E-state index < -0.39 is 21.8 Å². The van der Waals surface area contributed by atoms with Gasteiger partial charge in [0.15, 0.2) is 0 Å². The van der Waals surface area contributed by atoms with E-state index in [0.29, 0.717) is 16.9 Å². The Morgan fingerprint density at radius 2 is 1.75 bits per heavy atom. The zero-order valence-electron chi connectivity index (χ0n) is 14.5. The predicted octanol–water partition coefficient (Wildman–Crippen LogP) is 2.00. The Bertz CT molecular complexity index is 1140. The van der Waals surface area contributed by atoms with E-state index in [1.54, 1.807) is 18.2 Å². The third-order valence-corrected chi connectivity index (χ3v) is 6.15. The summed E-state index contributed by atoms with van der Waals surface area (Å²) < 4.78 is 26.9. The first-order valence-corrected chi connectivity index (χ1v) is 10.2. The van der Waals surface area contributed by atoms with Gasteiger partial charge in [-0.3, -0.25) is 19.6 Å². The maximum Gasteiger partial charge on any atom is 0.291 e. The summed E-state index contributed by atoms with van der Waals surface area (Å²) in [4.78, 5) is 23.3. The van der Waals surface area contributed by atoms with Crippen LogP contribution < -0.4 is 15.8 Å². The number of sulfonamides is 1. The van der Waals surface area contributed by atoms with Gasteiger partial charge in [-0.15, -0.1) is 10.2 Å². The van der Waals surface area contributed by atoms with E-state index in [2.05, 4.69) is 20.2 Å². The lowest BCUT2D eigenvalue weighted by atomic mass is 10.1. The minimum absolute atomic E-state index is 0.0518. The van der Waals surface area contributed by atoms with Crippen molar-refractivity contribution in [3.05, 3.63) is 65.2 Å². The fourth-order valence-electron chi connectivity index (χ4n) is 2.23. The highest BCUT2D eigenvalue weighted by atomic mass is 32.2. The Balaban J connectivity index is 1.73. The molecule has 0 spiro atoms. The second-order valence-corrected chi connectivity index (χ2v) is 8.58. The molecule has 4 N–H and O–H groups in total. The lowest BCUT2D eigenvalue weighted by Crippen LogP contribution is -2.14. The largest absolute Gasteiger partial charge is 0.366 e. The van der Waals surface area contributed by atoms with Crippen LogP contribution in [0.4, 0.5) is 10.8 Å². The quantitative estimate of drug-likeness (QED) is 0.523. The second-order valence-electron chi connectivity index (χ2n) is 5.74. The molecule has 0 aliphatic heterocycles. The molecule has 0 bridgehead atoms. The summed E-state index contributed by atoms with van der Waals surface area (Å²) in [5.41, 5.74) is 6.96. The van der Waals surface area contributed by atoms with E-state index in [9.17, 15) is 18.0 Å². The Hall–Kier alpha value is -3.31. The number of carbonyl (C=O) groups is 2. The molecular formula is C17H15N5O4S2. The highest BCUT2D eigenvalue weighted by Gasteiger charge is 2.21. The topological polar surface area (TPSA) is 144 Å². The van der Waals surface area contributed by atoms with E-state index in [1.807, 2.05) is 13.0 Å². The molecule has 11 heteroatoms. The summed E-state index contributed by atoms with van der Waals surface area (Å²) in [5, 5.41) is 9.90. The van der Waals surface area contributed by atoms with Gasteiger partial charge in [-0.1, -0.05) is 29.0 Å². The SMILES string of the molecule is Cc1cccc(C(=O)Nc2nnc(S(=O)(=O)Nc3ccc(C(N)=O)cc3)s2)c1. The van der Waals surface area contributed by atoms with E-state index >= 15 is 0 Å². The first-order valence-electron chi connectivity index (χ1n) is 7.89. The molecule has 3 rings (SSSR count). The van der Waals surface area contributed by atoms with Crippen molar-refractivity contribution in [2.75, 3.05) is 10.0 Å². The van der Waals surface area contributed by atoms with Gasteiger partial charge in [0, 0.05) is 16.8 Å². The van der Waals surface area contributed by atoms with Crippen LogP contribution in [0.2, 0.25) is 0 Å². The van der Waals surface area contributed by atoms with Crippen LogP contribution in [0.25, 0.3) is 0 Å². The normalized spacial score (nSPS) is 11.0. The van der Waals surface area contributed by atoms with E-state index in [1.165, 1.54) is 24.3 Å². The average Bonchev–Trinajstić information content (AvgIpc) is 3.11. The highest BCUT2D eigenvalue weighted by molar-refractivity contribution is 7.94. The van der Waals surface area contributed by atoms with Gasteiger partial charge in [-0.2, -0.15) is 8.42 Å². The molecule has 0 saturated carbocycles. The summed E-state index contributed by atoms with van der Waals surface area (Å²) in [6.07, 6.45) is 0. The minimum Gasteiger partial charge on any atom is -0.366 e. The average molecular weight is 417 g/mol. The van der Waals surface area contributed by atoms with E-state index in [4.69, 9.17) is 5.73 Å². The molecular weight excluding hydrogens is 402 g/mol. The maximum absolute atomic E-state index is 12.4. The smallest absolute Gasteiger partial charge is 0.291 e. The lowest BCUT2D eigenvalue weighted by molar-refractivity contribution is 0.0997. The van der Waals surface area contributed by atoms with Crippen molar-refractivity contribution >= 4 is 44.0 Å². The van der Waals surface area contributed by atoms with Crippen molar-refractivity contribution in [1.29, 1.82) is 0 Å². The van der Waals surface area contributed by atoms with Crippen LogP contribution in [0, 0.1) is 6.92 Å². The molecule has 28 heavy (non-hydrogen) atoms. The molecule has 1 aromatic heterocycles. The van der Waals surface area contributed by atoms with Gasteiger partial charge in [-0.05, 0) is 43.3 Å². The highest BCUT2D eigenvalue weighted by Crippen LogP contribution is 2.23. The number of primary amides is 1. The van der Waals surface area contributed by atoms with Crippen molar-refractivity contribution in [2.45, 2.75) is 11.3 Å². The molecule has 0 saturated heterocycles. The molecule has 1 heterocycles. The lowest BCUT2D eigenvalue weighted by Gasteiger charge is -2.05. The Labute approximate surface area is 164 Å². The number of rotatable bonds is 6. The number of nitrogens with two attached hydrogens (primary N) is 1. The molecule has 0 aliphatic carbocycles. The van der Waals surface area contributed by atoms with Crippen molar-refractivity contribution in [1.82, 2.24) is 10.2 Å². The van der Waals surface area contributed by atoms with Gasteiger partial charge in [0.2, 0.25) is 11.0 Å². The van der Waals surface area contributed by atoms with Crippen molar-refractivity contribution in [3.8, 4) is 0 Å². The number of benzene rings is 2. The Morgan fingerprint density at radius 3 is 2.39 bits per heavy atom. The number of aromatic nitrogens is 2. The second kappa shape index (κ2) is 7.74.